The van der Waals surface area contributed by atoms with Gasteiger partial charge in [0.05, 0.1) is 11.1 Å². The van der Waals surface area contributed by atoms with E-state index in [9.17, 15) is 4.39 Å². The van der Waals surface area contributed by atoms with Gasteiger partial charge in [0, 0.05) is 17.1 Å². The van der Waals surface area contributed by atoms with Gasteiger partial charge in [-0.15, -0.1) is 11.3 Å². The Morgan fingerprint density at radius 1 is 1.33 bits per heavy atom. The number of thiocarbonyl (C=S) groups is 1. The third-order valence-corrected chi connectivity index (χ3v) is 5.47. The van der Waals surface area contributed by atoms with Crippen LogP contribution >= 0.6 is 35.2 Å². The molecule has 130 valence electrons. The Morgan fingerprint density at radius 3 is 2.67 bits per heavy atom. The van der Waals surface area contributed by atoms with Gasteiger partial charge in [0.1, 0.15) is 5.82 Å². The predicted molar refractivity (Wildman–Crippen MR) is 107 cm³/mol. The van der Waals surface area contributed by atoms with E-state index in [1.807, 2.05) is 6.07 Å². The predicted octanol–water partition coefficient (Wildman–Crippen LogP) is 6.35. The topological polar surface area (TPSA) is 15.3 Å². The molecule has 2 rings (SSSR count). The van der Waals surface area contributed by atoms with Gasteiger partial charge < -0.3 is 10.2 Å². The molecule has 0 spiro atoms. The molecule has 1 heterocycles. The molecule has 24 heavy (non-hydrogen) atoms. The van der Waals surface area contributed by atoms with Crippen molar-refractivity contribution in [3.63, 3.8) is 0 Å². The largest absolute Gasteiger partial charge is 0.341 e. The number of hydrogen-bond donors (Lipinski definition) is 1. The van der Waals surface area contributed by atoms with Crippen LogP contribution in [0.25, 0.3) is 0 Å². The van der Waals surface area contributed by atoms with E-state index in [-0.39, 0.29) is 11.1 Å². The van der Waals surface area contributed by atoms with Crippen LogP contribution in [0.4, 0.5) is 10.1 Å². The number of halogens is 2. The summed E-state index contributed by atoms with van der Waals surface area (Å²) in [6.07, 6.45) is 1.04. The number of benzene rings is 1. The highest BCUT2D eigenvalue weighted by atomic mass is 35.5. The maximum absolute atomic E-state index is 13.3. The second-order valence-electron chi connectivity index (χ2n) is 6.13. The van der Waals surface area contributed by atoms with Crippen molar-refractivity contribution in [2.75, 3.05) is 11.9 Å². The minimum Gasteiger partial charge on any atom is -0.341 e. The third-order valence-electron chi connectivity index (χ3n) is 3.80. The molecule has 2 nitrogen and oxygen atoms in total. The first kappa shape index (κ1) is 19.2. The quantitative estimate of drug-likeness (QED) is 0.584. The van der Waals surface area contributed by atoms with Crippen molar-refractivity contribution in [3.8, 4) is 0 Å². The van der Waals surface area contributed by atoms with Gasteiger partial charge in [-0.2, -0.15) is 0 Å². The fourth-order valence-corrected chi connectivity index (χ4v) is 3.66. The van der Waals surface area contributed by atoms with E-state index in [1.54, 1.807) is 23.5 Å². The average Bonchev–Trinajstić information content (AvgIpc) is 3.05. The lowest BCUT2D eigenvalue weighted by Gasteiger charge is -2.32. The molecule has 0 radical (unpaired) electrons. The molecule has 2 aromatic rings. The van der Waals surface area contributed by atoms with Crippen LogP contribution in [0.3, 0.4) is 0 Å². The summed E-state index contributed by atoms with van der Waals surface area (Å²) in [5, 5.41) is 5.97. The Balaban J connectivity index is 2.15. The second-order valence-corrected chi connectivity index (χ2v) is 7.90. The van der Waals surface area contributed by atoms with E-state index in [2.05, 4.69) is 42.4 Å². The molecule has 1 N–H and O–H groups in total. The summed E-state index contributed by atoms with van der Waals surface area (Å²) >= 11 is 13.2. The number of nitrogens with one attached hydrogen (secondary N) is 1. The summed E-state index contributed by atoms with van der Waals surface area (Å²) in [4.78, 5) is 3.44. The molecule has 1 aromatic heterocycles. The van der Waals surface area contributed by atoms with Crippen molar-refractivity contribution in [2.24, 2.45) is 5.92 Å². The minimum atomic E-state index is -0.434. The number of hydrogen-bond acceptors (Lipinski definition) is 2. The van der Waals surface area contributed by atoms with E-state index in [4.69, 9.17) is 23.8 Å². The molecule has 1 atom stereocenters. The van der Waals surface area contributed by atoms with Crippen LogP contribution in [0.2, 0.25) is 5.02 Å². The van der Waals surface area contributed by atoms with Gasteiger partial charge in [-0.05, 0) is 61.1 Å². The van der Waals surface area contributed by atoms with Crippen molar-refractivity contribution in [1.82, 2.24) is 4.90 Å². The number of thiophene rings is 1. The lowest BCUT2D eigenvalue weighted by atomic mass is 10.1. The van der Waals surface area contributed by atoms with Gasteiger partial charge >= 0.3 is 0 Å². The monoisotopic (exact) mass is 384 g/mol. The first-order valence-corrected chi connectivity index (χ1v) is 9.61. The fraction of sp³-hybridized carbons (Fsp3) is 0.389. The van der Waals surface area contributed by atoms with Gasteiger partial charge in [-0.3, -0.25) is 0 Å². The molecule has 0 fully saturated rings. The Labute approximate surface area is 157 Å². The summed E-state index contributed by atoms with van der Waals surface area (Å²) in [6.45, 7) is 7.41. The van der Waals surface area contributed by atoms with Crippen LogP contribution in [0.5, 0.6) is 0 Å². The van der Waals surface area contributed by atoms with E-state index >= 15 is 0 Å². The summed E-state index contributed by atoms with van der Waals surface area (Å²) in [5.74, 6) is 0.155. The molecule has 1 aromatic carbocycles. The molecule has 1 unspecified atom stereocenters. The second kappa shape index (κ2) is 8.79. The smallest absolute Gasteiger partial charge is 0.173 e. The summed E-state index contributed by atoms with van der Waals surface area (Å²) < 4.78 is 13.3. The molecule has 0 aliphatic rings. The van der Waals surface area contributed by atoms with Crippen molar-refractivity contribution in [2.45, 2.75) is 33.2 Å². The molecular formula is C18H22ClFN2S2. The zero-order valence-electron chi connectivity index (χ0n) is 14.1. The number of anilines is 1. The van der Waals surface area contributed by atoms with Gasteiger partial charge in [-0.1, -0.05) is 31.5 Å². The van der Waals surface area contributed by atoms with Crippen molar-refractivity contribution < 1.29 is 4.39 Å². The summed E-state index contributed by atoms with van der Waals surface area (Å²) in [6, 6.07) is 8.89. The third kappa shape index (κ3) is 5.16. The molecule has 0 saturated heterocycles. The highest BCUT2D eigenvalue weighted by molar-refractivity contribution is 7.80. The first-order chi connectivity index (χ1) is 11.4. The highest BCUT2D eigenvalue weighted by Crippen LogP contribution is 2.27. The fourth-order valence-electron chi connectivity index (χ4n) is 2.32. The van der Waals surface area contributed by atoms with Gasteiger partial charge in [0.25, 0.3) is 0 Å². The molecule has 0 saturated carbocycles. The van der Waals surface area contributed by atoms with Gasteiger partial charge in [-0.25, -0.2) is 4.39 Å². The Morgan fingerprint density at radius 2 is 2.08 bits per heavy atom. The Bertz CT molecular complexity index is 674. The zero-order valence-corrected chi connectivity index (χ0v) is 16.4. The van der Waals surface area contributed by atoms with Crippen LogP contribution in [-0.4, -0.2) is 16.6 Å². The van der Waals surface area contributed by atoms with E-state index < -0.39 is 5.82 Å². The molecular weight excluding hydrogens is 363 g/mol. The van der Waals surface area contributed by atoms with Crippen LogP contribution < -0.4 is 5.32 Å². The number of rotatable bonds is 6. The lowest BCUT2D eigenvalue weighted by molar-refractivity contribution is 0.322. The van der Waals surface area contributed by atoms with Crippen LogP contribution in [-0.2, 0) is 0 Å². The molecule has 6 heteroatoms. The first-order valence-electron chi connectivity index (χ1n) is 7.94. The zero-order chi connectivity index (χ0) is 17.7. The van der Waals surface area contributed by atoms with Crippen molar-refractivity contribution in [1.29, 1.82) is 0 Å². The maximum Gasteiger partial charge on any atom is 0.173 e. The minimum absolute atomic E-state index is 0.0860. The average molecular weight is 385 g/mol. The standard InChI is InChI=1S/C18H22ClFN2S2/c1-12(2)8-9-22(13(3)17-5-4-10-24-17)18(23)21-14-6-7-16(20)15(19)11-14/h4-7,10-13H,8-9H2,1-3H3,(H,21,23). The van der Waals surface area contributed by atoms with E-state index in [0.29, 0.717) is 16.7 Å². The van der Waals surface area contributed by atoms with E-state index in [1.165, 1.54) is 10.9 Å². The van der Waals surface area contributed by atoms with Crippen molar-refractivity contribution >= 4 is 46.0 Å². The summed E-state index contributed by atoms with van der Waals surface area (Å²) in [5.41, 5.74) is 0.694. The Hall–Kier alpha value is -1.17. The maximum atomic E-state index is 13.3. The van der Waals surface area contributed by atoms with Crippen LogP contribution in [0.15, 0.2) is 35.7 Å². The molecule has 0 amide bonds. The SMILES string of the molecule is CC(C)CCN(C(=S)Nc1ccc(F)c(Cl)c1)C(C)c1cccs1. The molecule has 0 bridgehead atoms. The molecule has 0 aliphatic heterocycles. The number of nitrogens with zero attached hydrogens (tertiary/aromatic N) is 1. The lowest BCUT2D eigenvalue weighted by Crippen LogP contribution is -2.37. The van der Waals surface area contributed by atoms with Crippen LogP contribution in [0, 0.1) is 11.7 Å². The summed E-state index contributed by atoms with van der Waals surface area (Å²) in [7, 11) is 0. The molecule has 0 aliphatic carbocycles. The van der Waals surface area contributed by atoms with Gasteiger partial charge in [0.2, 0.25) is 0 Å². The van der Waals surface area contributed by atoms with Gasteiger partial charge in [0.15, 0.2) is 5.11 Å². The highest BCUT2D eigenvalue weighted by Gasteiger charge is 2.20. The van der Waals surface area contributed by atoms with Crippen LogP contribution in [0.1, 0.15) is 38.1 Å². The Kier molecular flexibility index (Phi) is 7.02. The van der Waals surface area contributed by atoms with E-state index in [0.717, 1.165) is 13.0 Å². The normalized spacial score (nSPS) is 12.2. The van der Waals surface area contributed by atoms with Crippen molar-refractivity contribution in [3.05, 3.63) is 51.4 Å².